The number of hydrogen-bond donors (Lipinski definition) is 1. The molecule has 104 valence electrons. The van der Waals surface area contributed by atoms with Gasteiger partial charge in [0, 0.05) is 12.2 Å². The van der Waals surface area contributed by atoms with Crippen LogP contribution in [0.1, 0.15) is 24.0 Å². The summed E-state index contributed by atoms with van der Waals surface area (Å²) in [4.78, 5) is 11.7. The first-order chi connectivity index (χ1) is 9.02. The summed E-state index contributed by atoms with van der Waals surface area (Å²) in [5.74, 6) is 0.778. The number of benzene rings is 1. The Morgan fingerprint density at radius 2 is 1.95 bits per heavy atom. The predicted octanol–water partition coefficient (Wildman–Crippen LogP) is 2.68. The van der Waals surface area contributed by atoms with Crippen LogP contribution in [0, 0.1) is 19.3 Å². The molecule has 0 aromatic heterocycles. The van der Waals surface area contributed by atoms with Crippen molar-refractivity contribution in [2.75, 3.05) is 26.1 Å². The Kier molecular flexibility index (Phi) is 3.69. The van der Waals surface area contributed by atoms with Gasteiger partial charge >= 0.3 is 5.97 Å². The van der Waals surface area contributed by atoms with Crippen molar-refractivity contribution in [1.82, 2.24) is 0 Å². The largest absolute Gasteiger partial charge is 0.496 e. The number of esters is 1. The molecule has 1 N–H and O–H groups in total. The van der Waals surface area contributed by atoms with E-state index in [1.807, 2.05) is 19.9 Å². The maximum atomic E-state index is 11.7. The molecule has 4 nitrogen and oxygen atoms in total. The lowest BCUT2D eigenvalue weighted by atomic mass is 10.1. The molecule has 0 saturated heterocycles. The number of anilines is 1. The predicted molar refractivity (Wildman–Crippen MR) is 74.6 cm³/mol. The number of aryl methyl sites for hydroxylation is 2. The van der Waals surface area contributed by atoms with E-state index in [0.29, 0.717) is 6.54 Å². The summed E-state index contributed by atoms with van der Waals surface area (Å²) < 4.78 is 10.1. The van der Waals surface area contributed by atoms with Crippen LogP contribution in [0.5, 0.6) is 5.75 Å². The molecular weight excluding hydrogens is 242 g/mol. The fourth-order valence-corrected chi connectivity index (χ4v) is 2.28. The zero-order valence-corrected chi connectivity index (χ0v) is 12.0. The van der Waals surface area contributed by atoms with Gasteiger partial charge < -0.3 is 14.8 Å². The van der Waals surface area contributed by atoms with Gasteiger partial charge in [-0.15, -0.1) is 0 Å². The van der Waals surface area contributed by atoms with Gasteiger partial charge in [-0.3, -0.25) is 4.79 Å². The molecule has 1 aromatic rings. The standard InChI is InChI=1S/C15H21NO3/c1-10-8-13(18-3)11(2)7-12(10)16-9-15(5-6-15)14(17)19-4/h7-8,16H,5-6,9H2,1-4H3. The Labute approximate surface area is 114 Å². The second-order valence-corrected chi connectivity index (χ2v) is 5.26. The average molecular weight is 263 g/mol. The third-order valence-corrected chi connectivity index (χ3v) is 3.83. The molecule has 0 spiro atoms. The van der Waals surface area contributed by atoms with Crippen molar-refractivity contribution in [2.45, 2.75) is 26.7 Å². The van der Waals surface area contributed by atoms with Gasteiger partial charge in [-0.2, -0.15) is 0 Å². The van der Waals surface area contributed by atoms with E-state index in [1.165, 1.54) is 7.11 Å². The zero-order chi connectivity index (χ0) is 14.0. The molecule has 0 aliphatic heterocycles. The fraction of sp³-hybridized carbons (Fsp3) is 0.533. The average Bonchev–Trinajstić information content (AvgIpc) is 3.19. The van der Waals surface area contributed by atoms with Crippen molar-refractivity contribution in [3.8, 4) is 5.75 Å². The highest BCUT2D eigenvalue weighted by molar-refractivity contribution is 5.80. The van der Waals surface area contributed by atoms with Crippen LogP contribution in [0.4, 0.5) is 5.69 Å². The van der Waals surface area contributed by atoms with E-state index in [9.17, 15) is 4.79 Å². The highest BCUT2D eigenvalue weighted by Gasteiger charge is 2.50. The van der Waals surface area contributed by atoms with Crippen LogP contribution >= 0.6 is 0 Å². The highest BCUT2D eigenvalue weighted by atomic mass is 16.5. The maximum Gasteiger partial charge on any atom is 0.313 e. The van der Waals surface area contributed by atoms with Crippen LogP contribution in [-0.2, 0) is 9.53 Å². The maximum absolute atomic E-state index is 11.7. The number of ether oxygens (including phenoxy) is 2. The lowest BCUT2D eigenvalue weighted by Crippen LogP contribution is -2.26. The van der Waals surface area contributed by atoms with Crippen molar-refractivity contribution >= 4 is 11.7 Å². The molecule has 0 radical (unpaired) electrons. The van der Waals surface area contributed by atoms with Crippen molar-refractivity contribution in [1.29, 1.82) is 0 Å². The Bertz CT molecular complexity index is 492. The molecule has 4 heteroatoms. The van der Waals surface area contributed by atoms with Gasteiger partial charge in [0.05, 0.1) is 19.6 Å². The molecule has 1 fully saturated rings. The lowest BCUT2D eigenvalue weighted by molar-refractivity contribution is -0.146. The molecule has 0 atom stereocenters. The van der Waals surface area contributed by atoms with Crippen molar-refractivity contribution < 1.29 is 14.3 Å². The Morgan fingerprint density at radius 3 is 2.47 bits per heavy atom. The van der Waals surface area contributed by atoms with Crippen molar-refractivity contribution in [3.05, 3.63) is 23.3 Å². The molecule has 19 heavy (non-hydrogen) atoms. The van der Waals surface area contributed by atoms with Crippen molar-refractivity contribution in [2.24, 2.45) is 5.41 Å². The summed E-state index contributed by atoms with van der Waals surface area (Å²) in [6.45, 7) is 4.67. The van der Waals surface area contributed by atoms with Crippen LogP contribution in [0.15, 0.2) is 12.1 Å². The minimum absolute atomic E-state index is 0.108. The Morgan fingerprint density at radius 1 is 1.26 bits per heavy atom. The van der Waals surface area contributed by atoms with Gasteiger partial charge in [-0.1, -0.05) is 0 Å². The van der Waals surface area contributed by atoms with Crippen molar-refractivity contribution in [3.63, 3.8) is 0 Å². The van der Waals surface area contributed by atoms with Gasteiger partial charge in [0.15, 0.2) is 0 Å². The second-order valence-electron chi connectivity index (χ2n) is 5.26. The number of hydrogen-bond acceptors (Lipinski definition) is 4. The quantitative estimate of drug-likeness (QED) is 0.830. The van der Waals surface area contributed by atoms with E-state index in [2.05, 4.69) is 11.4 Å². The van der Waals surface area contributed by atoms with Crippen LogP contribution < -0.4 is 10.1 Å². The van der Waals surface area contributed by atoms with Gasteiger partial charge in [0.2, 0.25) is 0 Å². The Balaban J connectivity index is 2.08. The highest BCUT2D eigenvalue weighted by Crippen LogP contribution is 2.46. The molecule has 1 saturated carbocycles. The van der Waals surface area contributed by atoms with E-state index < -0.39 is 0 Å². The first-order valence-electron chi connectivity index (χ1n) is 6.50. The molecule has 0 bridgehead atoms. The molecule has 1 aromatic carbocycles. The van der Waals surface area contributed by atoms with E-state index in [0.717, 1.165) is 35.4 Å². The normalized spacial score (nSPS) is 15.8. The molecule has 1 aliphatic rings. The number of nitrogens with one attached hydrogen (secondary N) is 1. The minimum atomic E-state index is -0.310. The van der Waals surface area contributed by atoms with E-state index in [4.69, 9.17) is 9.47 Å². The van der Waals surface area contributed by atoms with E-state index >= 15 is 0 Å². The third kappa shape index (κ3) is 2.67. The summed E-state index contributed by atoms with van der Waals surface area (Å²) in [5.41, 5.74) is 2.93. The fourth-order valence-electron chi connectivity index (χ4n) is 2.28. The summed E-state index contributed by atoms with van der Waals surface area (Å²) in [7, 11) is 3.12. The molecule has 0 unspecified atom stereocenters. The van der Waals surface area contributed by atoms with Gasteiger partial charge in [0.1, 0.15) is 5.75 Å². The van der Waals surface area contributed by atoms with Crippen LogP contribution in [0.3, 0.4) is 0 Å². The monoisotopic (exact) mass is 263 g/mol. The van der Waals surface area contributed by atoms with Crippen LogP contribution in [0.2, 0.25) is 0 Å². The molecule has 2 rings (SSSR count). The summed E-state index contributed by atoms with van der Waals surface area (Å²) >= 11 is 0. The van der Waals surface area contributed by atoms with E-state index in [1.54, 1.807) is 7.11 Å². The number of carbonyl (C=O) groups excluding carboxylic acids is 1. The third-order valence-electron chi connectivity index (χ3n) is 3.83. The second kappa shape index (κ2) is 5.11. The minimum Gasteiger partial charge on any atom is -0.496 e. The lowest BCUT2D eigenvalue weighted by Gasteiger charge is -2.17. The Hall–Kier alpha value is -1.71. The van der Waals surface area contributed by atoms with Gasteiger partial charge in [-0.25, -0.2) is 0 Å². The van der Waals surface area contributed by atoms with Crippen LogP contribution in [-0.4, -0.2) is 26.7 Å². The number of methoxy groups -OCH3 is 2. The van der Waals surface area contributed by atoms with Gasteiger partial charge in [0.25, 0.3) is 0 Å². The zero-order valence-electron chi connectivity index (χ0n) is 12.0. The number of carbonyl (C=O) groups is 1. The first-order valence-corrected chi connectivity index (χ1v) is 6.50. The van der Waals surface area contributed by atoms with Gasteiger partial charge in [-0.05, 0) is 49.9 Å². The SMILES string of the molecule is COC(=O)C1(CNc2cc(C)c(OC)cc2C)CC1. The summed E-state index contributed by atoms with van der Waals surface area (Å²) in [6.07, 6.45) is 1.81. The summed E-state index contributed by atoms with van der Waals surface area (Å²) in [5, 5.41) is 3.37. The molecule has 0 amide bonds. The molecule has 0 heterocycles. The summed E-state index contributed by atoms with van der Waals surface area (Å²) in [6, 6.07) is 4.07. The molecular formula is C15H21NO3. The first kappa shape index (κ1) is 13.7. The number of rotatable bonds is 5. The molecule has 1 aliphatic carbocycles. The topological polar surface area (TPSA) is 47.6 Å². The van der Waals surface area contributed by atoms with Crippen LogP contribution in [0.25, 0.3) is 0 Å². The van der Waals surface area contributed by atoms with E-state index in [-0.39, 0.29) is 11.4 Å². The smallest absolute Gasteiger partial charge is 0.313 e.